The van der Waals surface area contributed by atoms with Crippen LogP contribution in [0.2, 0.25) is 0 Å². The fraction of sp³-hybridized carbons (Fsp3) is 0. The summed E-state index contributed by atoms with van der Waals surface area (Å²) in [5, 5.41) is 0. The van der Waals surface area contributed by atoms with Crippen molar-refractivity contribution in [2.75, 3.05) is 0 Å². The van der Waals surface area contributed by atoms with Gasteiger partial charge in [0.05, 0.1) is 0 Å². The third kappa shape index (κ3) is 9.15. The SMILES string of the molecule is [GeH4].[InH3].[O]=[Zn]. The second-order valence-electron chi connectivity index (χ2n) is 0. The summed E-state index contributed by atoms with van der Waals surface area (Å²) in [4.78, 5) is 0. The van der Waals surface area contributed by atoms with E-state index in [1.54, 1.807) is 0 Å². The Morgan fingerprint density at radius 1 is 1.25 bits per heavy atom. The number of hydrogen-bond donors (Lipinski definition) is 0. The van der Waals surface area contributed by atoms with Gasteiger partial charge < -0.3 is 0 Å². The fourth-order valence-electron chi connectivity index (χ4n) is 0. The van der Waals surface area contributed by atoms with Crippen LogP contribution in [-0.4, -0.2) is 43.4 Å². The predicted molar refractivity (Wildman–Crippen MR) is 22.0 cm³/mol. The molecule has 0 aliphatic carbocycles. The molecule has 0 N–H and O–H groups in total. The molecule has 0 bridgehead atoms. The summed E-state index contributed by atoms with van der Waals surface area (Å²) in [5.41, 5.74) is 0. The Labute approximate surface area is 64.6 Å². The predicted octanol–water partition coefficient (Wildman–Crippen LogP) is -2.76. The van der Waals surface area contributed by atoms with Crippen LogP contribution in [0, 0.1) is 0 Å². The van der Waals surface area contributed by atoms with E-state index in [-0.39, 0.29) is 61.7 Å². The molecular weight excluding hydrogens is 269 g/mol. The molecular formula is H7GeInOZn. The van der Waals surface area contributed by atoms with E-state index in [0.29, 0.717) is 0 Å². The summed E-state index contributed by atoms with van der Waals surface area (Å²) < 4.78 is 8.38. The Kier molecular flexibility index (Phi) is 89.5. The van der Waals surface area contributed by atoms with E-state index in [2.05, 4.69) is 0 Å². The molecule has 0 amide bonds. The van der Waals surface area contributed by atoms with Gasteiger partial charge in [-0.05, 0) is 0 Å². The monoisotopic (exact) mass is 276 g/mol. The first-order chi connectivity index (χ1) is 1.00. The zero-order valence-electron chi connectivity index (χ0n) is 1.12. The second kappa shape index (κ2) is 21.1. The van der Waals surface area contributed by atoms with Crippen LogP contribution in [0.3, 0.4) is 0 Å². The van der Waals surface area contributed by atoms with Crippen LogP contribution in [0.15, 0.2) is 0 Å². The van der Waals surface area contributed by atoms with E-state index in [4.69, 9.17) is 3.57 Å². The van der Waals surface area contributed by atoms with Gasteiger partial charge in [0, 0.05) is 0 Å². The Hall–Kier alpha value is 1.84. The van der Waals surface area contributed by atoms with Gasteiger partial charge >= 0.3 is 65.3 Å². The van der Waals surface area contributed by atoms with Crippen molar-refractivity contribution < 1.29 is 21.8 Å². The molecule has 0 radical (unpaired) electrons. The summed E-state index contributed by atoms with van der Waals surface area (Å²) in [6, 6.07) is 0. The zero-order valence-corrected chi connectivity index (χ0v) is 4.08. The molecule has 4 heavy (non-hydrogen) atoms. The minimum absolute atomic E-state index is 0. The molecule has 0 rings (SSSR count). The molecule has 0 spiro atoms. The van der Waals surface area contributed by atoms with Gasteiger partial charge in [0.25, 0.3) is 0 Å². The Bertz CT molecular complexity index is 8.00. The maximum atomic E-state index is 8.38. The molecule has 0 saturated carbocycles. The standard InChI is InChI=1S/GeH4.In.O.Zn.3H/h1H4;;;;;;. The quantitative estimate of drug-likeness (QED) is 0.438. The maximum absolute atomic E-state index is 8.38. The summed E-state index contributed by atoms with van der Waals surface area (Å²) >= 11 is 0.125. The van der Waals surface area contributed by atoms with Crippen LogP contribution < -0.4 is 0 Å². The third-order valence-corrected chi connectivity index (χ3v) is 0. The van der Waals surface area contributed by atoms with Crippen LogP contribution in [0.5, 0.6) is 0 Å². The number of rotatable bonds is 0. The first-order valence-electron chi connectivity index (χ1n) is 0.289. The van der Waals surface area contributed by atoms with Gasteiger partial charge in [-0.1, -0.05) is 0 Å². The molecule has 0 fully saturated rings. The van der Waals surface area contributed by atoms with Crippen molar-refractivity contribution >= 4 is 43.4 Å². The second-order valence-corrected chi connectivity index (χ2v) is 0. The fourth-order valence-corrected chi connectivity index (χ4v) is 0. The van der Waals surface area contributed by atoms with Gasteiger partial charge in [0.1, 0.15) is 0 Å². The van der Waals surface area contributed by atoms with Crippen molar-refractivity contribution in [1.29, 1.82) is 0 Å². The van der Waals surface area contributed by atoms with Crippen molar-refractivity contribution in [3.8, 4) is 0 Å². The normalized spacial score (nSPS) is 1.50. The van der Waals surface area contributed by atoms with Gasteiger partial charge in [-0.15, -0.1) is 0 Å². The van der Waals surface area contributed by atoms with E-state index in [0.717, 1.165) is 0 Å². The van der Waals surface area contributed by atoms with Gasteiger partial charge in [0.15, 0.2) is 0 Å². The summed E-state index contributed by atoms with van der Waals surface area (Å²) in [6.45, 7) is 0. The Morgan fingerprint density at radius 3 is 1.25 bits per heavy atom. The van der Waals surface area contributed by atoms with E-state index in [1.807, 2.05) is 0 Å². The van der Waals surface area contributed by atoms with E-state index >= 15 is 0 Å². The van der Waals surface area contributed by atoms with Crippen molar-refractivity contribution in [3.63, 3.8) is 0 Å². The summed E-state index contributed by atoms with van der Waals surface area (Å²) in [5.74, 6) is 0. The molecule has 0 atom stereocenters. The molecule has 0 aromatic rings. The van der Waals surface area contributed by atoms with Crippen molar-refractivity contribution in [2.45, 2.75) is 0 Å². The van der Waals surface area contributed by atoms with Gasteiger partial charge in [-0.25, -0.2) is 0 Å². The molecule has 1 nitrogen and oxygen atoms in total. The third-order valence-electron chi connectivity index (χ3n) is 0. The average Bonchev–Trinajstić information content (AvgIpc) is 1.00. The summed E-state index contributed by atoms with van der Waals surface area (Å²) in [7, 11) is 0. The van der Waals surface area contributed by atoms with Crippen LogP contribution in [0.4, 0.5) is 0 Å². The zero-order chi connectivity index (χ0) is 2.00. The van der Waals surface area contributed by atoms with E-state index < -0.39 is 0 Å². The van der Waals surface area contributed by atoms with Crippen LogP contribution in [-0.2, 0) is 21.8 Å². The van der Waals surface area contributed by atoms with Gasteiger partial charge in [0.2, 0.25) is 0 Å². The first kappa shape index (κ1) is 17.0. The van der Waals surface area contributed by atoms with Gasteiger partial charge in [-0.2, -0.15) is 0 Å². The molecule has 0 unspecified atom stereocenters. The average molecular weight is 276 g/mol. The molecule has 0 aromatic heterocycles. The molecule has 0 aliphatic rings. The molecule has 4 heteroatoms. The Morgan fingerprint density at radius 2 is 1.25 bits per heavy atom. The van der Waals surface area contributed by atoms with Crippen molar-refractivity contribution in [3.05, 3.63) is 0 Å². The summed E-state index contributed by atoms with van der Waals surface area (Å²) in [6.07, 6.45) is 0. The van der Waals surface area contributed by atoms with Crippen LogP contribution in [0.25, 0.3) is 0 Å². The van der Waals surface area contributed by atoms with E-state index in [9.17, 15) is 0 Å². The van der Waals surface area contributed by atoms with Crippen LogP contribution >= 0.6 is 0 Å². The minimum atomic E-state index is 0. The molecule has 0 aliphatic heterocycles. The molecule has 22 valence electrons. The van der Waals surface area contributed by atoms with Crippen molar-refractivity contribution in [1.82, 2.24) is 0 Å². The Balaban J connectivity index is -0.00000000500. The molecule has 0 saturated heterocycles. The topological polar surface area (TPSA) is 17.1 Å². The number of hydrogen-bond acceptors (Lipinski definition) is 1. The molecule has 0 heterocycles. The van der Waals surface area contributed by atoms with Gasteiger partial charge in [-0.3, -0.25) is 0 Å². The van der Waals surface area contributed by atoms with Crippen molar-refractivity contribution in [2.24, 2.45) is 0 Å². The van der Waals surface area contributed by atoms with Crippen LogP contribution in [0.1, 0.15) is 0 Å². The molecule has 0 aromatic carbocycles. The first-order valence-corrected chi connectivity index (χ1v) is 1.50. The van der Waals surface area contributed by atoms with E-state index in [1.165, 1.54) is 0 Å².